The normalized spacial score (nSPS) is 26.0. The maximum atomic E-state index is 14.3. The first kappa shape index (κ1) is 35.3. The number of carbonyl (C=O) groups is 4. The second-order valence-electron chi connectivity index (χ2n) is 12.6. The SMILES string of the molecule is C=CCCC(=O)N[C@@H](COC)[C@@H](OC(=O)[C@@H]1[C@@H]2CC[C@]3(O2)[C@H](C(=O)N(CC=C)C(C)C)N(CCCCO)C(=O)[C@@H]13)c1ccccc1. The lowest BCUT2D eigenvalue weighted by molar-refractivity contribution is -0.163. The van der Waals surface area contributed by atoms with Crippen molar-refractivity contribution in [1.82, 2.24) is 15.1 Å². The van der Waals surface area contributed by atoms with Crippen LogP contribution in [0.4, 0.5) is 0 Å². The minimum Gasteiger partial charge on any atom is -0.455 e. The summed E-state index contributed by atoms with van der Waals surface area (Å²) in [6, 6.07) is 7.34. The highest BCUT2D eigenvalue weighted by Gasteiger charge is 2.75. The molecule has 4 rings (SSSR count). The number of nitrogens with zero attached hydrogens (tertiary/aromatic N) is 2. The number of likely N-dealkylation sites (tertiary alicyclic amines) is 1. The summed E-state index contributed by atoms with van der Waals surface area (Å²) in [7, 11) is 1.51. The summed E-state index contributed by atoms with van der Waals surface area (Å²) < 4.78 is 18.3. The van der Waals surface area contributed by atoms with E-state index in [0.717, 1.165) is 0 Å². The molecule has 3 aliphatic heterocycles. The molecule has 11 nitrogen and oxygen atoms in total. The maximum Gasteiger partial charge on any atom is 0.313 e. The average molecular weight is 640 g/mol. The van der Waals surface area contributed by atoms with Crippen LogP contribution in [-0.2, 0) is 33.4 Å². The van der Waals surface area contributed by atoms with Gasteiger partial charge in [0.25, 0.3) is 0 Å². The first-order chi connectivity index (χ1) is 22.1. The molecule has 7 atom stereocenters. The summed E-state index contributed by atoms with van der Waals surface area (Å²) >= 11 is 0. The zero-order valence-corrected chi connectivity index (χ0v) is 27.3. The van der Waals surface area contributed by atoms with Gasteiger partial charge in [0, 0.05) is 39.3 Å². The topological polar surface area (TPSA) is 135 Å². The zero-order valence-electron chi connectivity index (χ0n) is 27.3. The number of carbonyl (C=O) groups excluding carboxylic acids is 4. The highest BCUT2D eigenvalue weighted by molar-refractivity contribution is 5.98. The summed E-state index contributed by atoms with van der Waals surface area (Å²) in [5, 5.41) is 12.4. The third-order valence-corrected chi connectivity index (χ3v) is 9.35. The van der Waals surface area contributed by atoms with Crippen LogP contribution in [0.3, 0.4) is 0 Å². The summed E-state index contributed by atoms with van der Waals surface area (Å²) in [4.78, 5) is 58.8. The van der Waals surface area contributed by atoms with Crippen LogP contribution >= 0.6 is 0 Å². The summed E-state index contributed by atoms with van der Waals surface area (Å²) in [6.45, 7) is 11.9. The third-order valence-electron chi connectivity index (χ3n) is 9.35. The van der Waals surface area contributed by atoms with Crippen molar-refractivity contribution in [2.24, 2.45) is 11.8 Å². The molecule has 1 aromatic carbocycles. The number of allylic oxidation sites excluding steroid dienone is 1. The second kappa shape index (κ2) is 15.8. The van der Waals surface area contributed by atoms with E-state index in [2.05, 4.69) is 18.5 Å². The van der Waals surface area contributed by atoms with Crippen LogP contribution in [-0.4, -0.2) is 102 Å². The smallest absolute Gasteiger partial charge is 0.313 e. The predicted octanol–water partition coefficient (Wildman–Crippen LogP) is 2.94. The third kappa shape index (κ3) is 7.06. The molecule has 0 radical (unpaired) electrons. The van der Waals surface area contributed by atoms with Crippen LogP contribution in [0.1, 0.15) is 64.0 Å². The molecule has 0 aromatic heterocycles. The van der Waals surface area contributed by atoms with E-state index in [1.165, 1.54) is 7.11 Å². The molecule has 3 fully saturated rings. The molecule has 3 amide bonds. The van der Waals surface area contributed by atoms with Gasteiger partial charge in [-0.3, -0.25) is 19.2 Å². The van der Waals surface area contributed by atoms with Gasteiger partial charge in [-0.05, 0) is 51.5 Å². The Morgan fingerprint density at radius 2 is 1.93 bits per heavy atom. The van der Waals surface area contributed by atoms with Crippen LogP contribution < -0.4 is 5.32 Å². The number of hydrogen-bond donors (Lipinski definition) is 2. The number of methoxy groups -OCH3 is 1. The molecule has 11 heteroatoms. The van der Waals surface area contributed by atoms with Gasteiger partial charge in [-0.15, -0.1) is 13.2 Å². The van der Waals surface area contributed by atoms with Crippen molar-refractivity contribution in [3.05, 3.63) is 61.2 Å². The first-order valence-electron chi connectivity index (χ1n) is 16.3. The quantitative estimate of drug-likeness (QED) is 0.142. The molecule has 3 aliphatic rings. The van der Waals surface area contributed by atoms with Crippen molar-refractivity contribution in [2.45, 2.75) is 88.3 Å². The van der Waals surface area contributed by atoms with Crippen LogP contribution in [0.25, 0.3) is 0 Å². The van der Waals surface area contributed by atoms with E-state index in [1.54, 1.807) is 22.0 Å². The Hall–Kier alpha value is -3.54. The fraction of sp³-hybridized carbons (Fsp3) is 0.600. The predicted molar refractivity (Wildman–Crippen MR) is 171 cm³/mol. The Labute approximate surface area is 271 Å². The fourth-order valence-electron chi connectivity index (χ4n) is 7.31. The lowest BCUT2D eigenvalue weighted by Gasteiger charge is -2.38. The number of amides is 3. The van der Waals surface area contributed by atoms with Crippen molar-refractivity contribution in [3.63, 3.8) is 0 Å². The van der Waals surface area contributed by atoms with Crippen molar-refractivity contribution in [1.29, 1.82) is 0 Å². The van der Waals surface area contributed by atoms with E-state index in [0.29, 0.717) is 44.2 Å². The Kier molecular flexibility index (Phi) is 12.2. The zero-order chi connectivity index (χ0) is 33.4. The largest absolute Gasteiger partial charge is 0.455 e. The number of esters is 1. The molecule has 0 unspecified atom stereocenters. The highest BCUT2D eigenvalue weighted by Crippen LogP contribution is 2.59. The van der Waals surface area contributed by atoms with Crippen LogP contribution in [0, 0.1) is 11.8 Å². The number of benzene rings is 1. The van der Waals surface area contributed by atoms with Gasteiger partial charge in [-0.25, -0.2) is 0 Å². The standard InChI is InChI=1S/C35H49N3O8/c1-6-8-16-27(40)36-25(22-44-5)30(24-14-10-9-11-15-24)45-34(43)28-26-17-18-35(46-26)29(28)32(41)38(20-12-13-21-39)31(35)33(42)37(19-7-2)23(3)4/h6-7,9-11,14-15,23,25-26,28-31,39H,1-2,8,12-13,16-22H2,3-5H3,(H,36,40)/t25-,26-,28+,29+,30-,31-,35+/m0/s1. The number of fused-ring (bicyclic) bond motifs is 1. The molecule has 46 heavy (non-hydrogen) atoms. The van der Waals surface area contributed by atoms with Gasteiger partial charge < -0.3 is 34.4 Å². The second-order valence-corrected chi connectivity index (χ2v) is 12.6. The average Bonchev–Trinajstić information content (AvgIpc) is 3.68. The number of unbranched alkanes of at least 4 members (excludes halogenated alkanes) is 1. The van der Waals surface area contributed by atoms with E-state index in [1.807, 2.05) is 44.2 Å². The molecule has 1 spiro atoms. The fourth-order valence-corrected chi connectivity index (χ4v) is 7.31. The molecule has 2 bridgehead atoms. The van der Waals surface area contributed by atoms with Crippen LogP contribution in [0.2, 0.25) is 0 Å². The summed E-state index contributed by atoms with van der Waals surface area (Å²) in [6.07, 6.45) is 4.44. The molecule has 3 saturated heterocycles. The number of aliphatic hydroxyl groups is 1. The highest BCUT2D eigenvalue weighted by atomic mass is 16.6. The van der Waals surface area contributed by atoms with E-state index < -0.39 is 47.7 Å². The molecule has 252 valence electrons. The van der Waals surface area contributed by atoms with E-state index in [4.69, 9.17) is 14.2 Å². The van der Waals surface area contributed by atoms with Crippen LogP contribution in [0.15, 0.2) is 55.6 Å². The first-order valence-corrected chi connectivity index (χ1v) is 16.3. The maximum absolute atomic E-state index is 14.3. The minimum absolute atomic E-state index is 0.0367. The Morgan fingerprint density at radius 1 is 1.20 bits per heavy atom. The number of rotatable bonds is 18. The number of nitrogens with one attached hydrogen (secondary N) is 1. The van der Waals surface area contributed by atoms with Crippen molar-refractivity contribution < 1.29 is 38.5 Å². The van der Waals surface area contributed by atoms with Crippen molar-refractivity contribution >= 4 is 23.7 Å². The van der Waals surface area contributed by atoms with Crippen LogP contribution in [0.5, 0.6) is 0 Å². The molecular weight excluding hydrogens is 590 g/mol. The van der Waals surface area contributed by atoms with Gasteiger partial charge in [-0.1, -0.05) is 42.5 Å². The van der Waals surface area contributed by atoms with Gasteiger partial charge in [0.2, 0.25) is 17.7 Å². The number of ether oxygens (including phenoxy) is 3. The lowest BCUT2D eigenvalue weighted by atomic mass is 9.70. The van der Waals surface area contributed by atoms with Gasteiger partial charge in [0.1, 0.15) is 17.7 Å². The molecule has 0 aliphatic carbocycles. The monoisotopic (exact) mass is 639 g/mol. The molecule has 3 heterocycles. The van der Waals surface area contributed by atoms with Crippen molar-refractivity contribution in [3.8, 4) is 0 Å². The molecule has 2 N–H and O–H groups in total. The summed E-state index contributed by atoms with van der Waals surface area (Å²) in [5.74, 6) is -3.24. The molecule has 0 saturated carbocycles. The Balaban J connectivity index is 1.68. The van der Waals surface area contributed by atoms with E-state index >= 15 is 0 Å². The van der Waals surface area contributed by atoms with Gasteiger partial charge in [-0.2, -0.15) is 0 Å². The number of hydrogen-bond acceptors (Lipinski definition) is 8. The van der Waals surface area contributed by atoms with Gasteiger partial charge >= 0.3 is 5.97 Å². The lowest BCUT2D eigenvalue weighted by Crippen LogP contribution is -2.57. The van der Waals surface area contributed by atoms with E-state index in [-0.39, 0.29) is 49.9 Å². The Bertz CT molecular complexity index is 1260. The van der Waals surface area contributed by atoms with Gasteiger partial charge in [0.15, 0.2) is 0 Å². The Morgan fingerprint density at radius 3 is 2.57 bits per heavy atom. The van der Waals surface area contributed by atoms with E-state index in [9.17, 15) is 24.3 Å². The summed E-state index contributed by atoms with van der Waals surface area (Å²) in [5.41, 5.74) is -0.516. The van der Waals surface area contributed by atoms with Crippen molar-refractivity contribution in [2.75, 3.05) is 33.4 Å². The van der Waals surface area contributed by atoms with Gasteiger partial charge in [0.05, 0.1) is 30.6 Å². The minimum atomic E-state index is -1.18. The number of aliphatic hydroxyl groups excluding tert-OH is 1. The molecular formula is C35H49N3O8. The molecule has 1 aromatic rings.